The topological polar surface area (TPSA) is 92.3 Å². The molecule has 0 bridgehead atoms. The number of benzene rings is 1. The van der Waals surface area contributed by atoms with E-state index >= 15 is 0 Å². The molecule has 7 nitrogen and oxygen atoms in total. The molecular formula is C19H24N4O3S. The van der Waals surface area contributed by atoms with Crippen LogP contribution >= 0.6 is 0 Å². The summed E-state index contributed by atoms with van der Waals surface area (Å²) in [6, 6.07) is 6.22. The Morgan fingerprint density at radius 3 is 2.26 bits per heavy atom. The molecule has 0 aliphatic carbocycles. The van der Waals surface area contributed by atoms with E-state index in [-0.39, 0.29) is 10.6 Å². The molecule has 0 radical (unpaired) electrons. The number of carbonyl (C=O) groups is 1. The van der Waals surface area contributed by atoms with Crippen LogP contribution in [0.25, 0.3) is 0 Å². The van der Waals surface area contributed by atoms with Gasteiger partial charge in [0.2, 0.25) is 10.0 Å². The number of carbonyl (C=O) groups excluding carboxylic acids is 1. The van der Waals surface area contributed by atoms with Crippen molar-refractivity contribution in [2.75, 3.05) is 18.4 Å². The number of hydrogen-bond acceptors (Lipinski definition) is 5. The minimum atomic E-state index is -3.53. The normalized spacial score (nSPS) is 21.0. The Morgan fingerprint density at radius 2 is 1.70 bits per heavy atom. The van der Waals surface area contributed by atoms with E-state index in [9.17, 15) is 13.2 Å². The fraction of sp³-hybridized carbons (Fsp3) is 0.421. The number of nitrogens with one attached hydrogen (secondary N) is 1. The van der Waals surface area contributed by atoms with Gasteiger partial charge in [-0.3, -0.25) is 9.78 Å². The Hall–Kier alpha value is -2.32. The Bertz CT molecular complexity index is 901. The van der Waals surface area contributed by atoms with Crippen LogP contribution in [0.15, 0.2) is 41.6 Å². The van der Waals surface area contributed by atoms with E-state index < -0.39 is 15.9 Å². The average molecular weight is 388 g/mol. The molecule has 8 heteroatoms. The summed E-state index contributed by atoms with van der Waals surface area (Å²) in [7, 11) is -3.53. The zero-order valence-electron chi connectivity index (χ0n) is 15.7. The Balaban J connectivity index is 1.72. The zero-order valence-corrected chi connectivity index (χ0v) is 16.5. The van der Waals surface area contributed by atoms with Crippen LogP contribution in [0.1, 0.15) is 36.5 Å². The smallest absolute Gasteiger partial charge is 0.275 e. The molecule has 1 aliphatic rings. The van der Waals surface area contributed by atoms with Crippen LogP contribution in [0.2, 0.25) is 0 Å². The molecule has 0 spiro atoms. The minimum absolute atomic E-state index is 0.202. The highest BCUT2D eigenvalue weighted by molar-refractivity contribution is 7.89. The first-order valence-electron chi connectivity index (χ1n) is 8.96. The van der Waals surface area contributed by atoms with Crippen molar-refractivity contribution in [2.24, 2.45) is 11.8 Å². The first-order chi connectivity index (χ1) is 12.8. The monoisotopic (exact) mass is 388 g/mol. The maximum absolute atomic E-state index is 12.9. The largest absolute Gasteiger partial charge is 0.321 e. The molecule has 1 aromatic carbocycles. The quantitative estimate of drug-likeness (QED) is 0.869. The van der Waals surface area contributed by atoms with Gasteiger partial charge in [0.1, 0.15) is 5.69 Å². The van der Waals surface area contributed by atoms with Crippen molar-refractivity contribution in [1.29, 1.82) is 0 Å². The molecular weight excluding hydrogens is 364 g/mol. The summed E-state index contributed by atoms with van der Waals surface area (Å²) in [6.07, 6.45) is 3.96. The van der Waals surface area contributed by atoms with E-state index in [0.717, 1.165) is 12.1 Å². The van der Waals surface area contributed by atoms with Crippen LogP contribution in [0, 0.1) is 18.8 Å². The highest BCUT2D eigenvalue weighted by Crippen LogP contribution is 2.27. The third-order valence-corrected chi connectivity index (χ3v) is 6.44. The number of piperidine rings is 1. The molecule has 1 aliphatic heterocycles. The van der Waals surface area contributed by atoms with Crippen LogP contribution in [0.4, 0.5) is 5.69 Å². The van der Waals surface area contributed by atoms with Crippen LogP contribution in [0.3, 0.4) is 0 Å². The molecule has 1 fully saturated rings. The van der Waals surface area contributed by atoms with Gasteiger partial charge in [-0.05, 0) is 49.4 Å². The molecule has 0 unspecified atom stereocenters. The summed E-state index contributed by atoms with van der Waals surface area (Å²) in [5.74, 6) is 0.298. The van der Waals surface area contributed by atoms with Crippen molar-refractivity contribution in [3.63, 3.8) is 0 Å². The van der Waals surface area contributed by atoms with Crippen LogP contribution in [0.5, 0.6) is 0 Å². The van der Waals surface area contributed by atoms with Gasteiger partial charge in [0.05, 0.1) is 16.8 Å². The van der Waals surface area contributed by atoms with Crippen molar-refractivity contribution in [3.8, 4) is 0 Å². The first kappa shape index (κ1) is 19.4. The molecule has 2 aromatic rings. The van der Waals surface area contributed by atoms with E-state index in [1.165, 1.54) is 24.5 Å². The highest BCUT2D eigenvalue weighted by Gasteiger charge is 2.31. The average Bonchev–Trinajstić information content (AvgIpc) is 2.62. The predicted molar refractivity (Wildman–Crippen MR) is 103 cm³/mol. The Kier molecular flexibility index (Phi) is 5.57. The third kappa shape index (κ3) is 4.51. The summed E-state index contributed by atoms with van der Waals surface area (Å²) < 4.78 is 27.3. The molecule has 27 heavy (non-hydrogen) atoms. The summed E-state index contributed by atoms with van der Waals surface area (Å²) in [5.41, 5.74) is 1.43. The van der Waals surface area contributed by atoms with Crippen molar-refractivity contribution >= 4 is 21.6 Å². The SMILES string of the molecule is Cc1cnc(C(=O)Nc2ccc(S(=O)(=O)N3C[C@H](C)C[C@H](C)C3)cc2)cn1. The molecule has 1 aromatic heterocycles. The maximum atomic E-state index is 12.9. The van der Waals surface area contributed by atoms with Gasteiger partial charge in [-0.25, -0.2) is 13.4 Å². The molecule has 0 saturated carbocycles. The second-order valence-corrected chi connectivity index (χ2v) is 9.23. The lowest BCUT2D eigenvalue weighted by Gasteiger charge is -2.34. The number of rotatable bonds is 4. The van der Waals surface area contributed by atoms with Gasteiger partial charge in [-0.2, -0.15) is 4.31 Å². The third-order valence-electron chi connectivity index (χ3n) is 4.60. The molecule has 1 N–H and O–H groups in total. The van der Waals surface area contributed by atoms with Crippen LogP contribution in [-0.2, 0) is 10.0 Å². The van der Waals surface area contributed by atoms with Crippen molar-refractivity contribution < 1.29 is 13.2 Å². The highest BCUT2D eigenvalue weighted by atomic mass is 32.2. The molecule has 2 atom stereocenters. The number of amides is 1. The van der Waals surface area contributed by atoms with Gasteiger partial charge in [-0.1, -0.05) is 13.8 Å². The summed E-state index contributed by atoms with van der Waals surface area (Å²) >= 11 is 0. The second-order valence-electron chi connectivity index (χ2n) is 7.29. The van der Waals surface area contributed by atoms with Gasteiger partial charge >= 0.3 is 0 Å². The molecule has 1 saturated heterocycles. The number of hydrogen-bond donors (Lipinski definition) is 1. The van der Waals surface area contributed by atoms with Gasteiger partial charge in [0.25, 0.3) is 5.91 Å². The first-order valence-corrected chi connectivity index (χ1v) is 10.4. The Morgan fingerprint density at radius 1 is 1.07 bits per heavy atom. The van der Waals surface area contributed by atoms with Crippen LogP contribution in [-0.4, -0.2) is 41.7 Å². The Labute approximate surface area is 159 Å². The van der Waals surface area contributed by atoms with Gasteiger partial charge in [0, 0.05) is 25.0 Å². The number of aryl methyl sites for hydroxylation is 1. The molecule has 1 amide bonds. The van der Waals surface area contributed by atoms with E-state index in [1.807, 2.05) is 0 Å². The number of nitrogens with zero attached hydrogens (tertiary/aromatic N) is 3. The minimum Gasteiger partial charge on any atom is -0.321 e. The van der Waals surface area contributed by atoms with Crippen molar-refractivity contribution in [3.05, 3.63) is 48.0 Å². The standard InChI is InChI=1S/C19H24N4O3S/c1-13-8-14(2)12-23(11-13)27(25,26)17-6-4-16(5-7-17)22-19(24)18-10-20-15(3)9-21-18/h4-7,9-10,13-14H,8,11-12H2,1-3H3,(H,22,24)/t13-,14+. The summed E-state index contributed by atoms with van der Waals surface area (Å²) in [5, 5.41) is 2.70. The second kappa shape index (κ2) is 7.74. The van der Waals surface area contributed by atoms with E-state index in [0.29, 0.717) is 30.6 Å². The maximum Gasteiger partial charge on any atom is 0.275 e. The lowest BCUT2D eigenvalue weighted by Crippen LogP contribution is -2.42. The van der Waals surface area contributed by atoms with Crippen LogP contribution < -0.4 is 5.32 Å². The van der Waals surface area contributed by atoms with E-state index in [1.54, 1.807) is 23.4 Å². The number of anilines is 1. The fourth-order valence-corrected chi connectivity index (χ4v) is 5.05. The number of sulfonamides is 1. The summed E-state index contributed by atoms with van der Waals surface area (Å²) in [6.45, 7) is 7.02. The molecule has 2 heterocycles. The molecule has 3 rings (SSSR count). The van der Waals surface area contributed by atoms with Gasteiger partial charge in [-0.15, -0.1) is 0 Å². The molecule has 144 valence electrons. The lowest BCUT2D eigenvalue weighted by atomic mass is 9.94. The van der Waals surface area contributed by atoms with Gasteiger partial charge in [0.15, 0.2) is 0 Å². The summed E-state index contributed by atoms with van der Waals surface area (Å²) in [4.78, 5) is 20.5. The predicted octanol–water partition coefficient (Wildman–Crippen LogP) is 2.70. The van der Waals surface area contributed by atoms with Crippen molar-refractivity contribution in [2.45, 2.75) is 32.1 Å². The lowest BCUT2D eigenvalue weighted by molar-refractivity contribution is 0.102. The van der Waals surface area contributed by atoms with Gasteiger partial charge < -0.3 is 5.32 Å². The van der Waals surface area contributed by atoms with E-state index in [4.69, 9.17) is 0 Å². The van der Waals surface area contributed by atoms with Crippen molar-refractivity contribution in [1.82, 2.24) is 14.3 Å². The van der Waals surface area contributed by atoms with E-state index in [2.05, 4.69) is 29.1 Å². The zero-order chi connectivity index (χ0) is 19.6. The fourth-order valence-electron chi connectivity index (χ4n) is 3.37. The number of aromatic nitrogens is 2.